The summed E-state index contributed by atoms with van der Waals surface area (Å²) < 4.78 is 13.4. The number of nitrogens with two attached hydrogens (primary N) is 1. The van der Waals surface area contributed by atoms with Crippen LogP contribution in [-0.2, 0) is 6.42 Å². The van der Waals surface area contributed by atoms with E-state index >= 15 is 0 Å². The van der Waals surface area contributed by atoms with Gasteiger partial charge in [0.05, 0.1) is 0 Å². The maximum absolute atomic E-state index is 13.4. The summed E-state index contributed by atoms with van der Waals surface area (Å²) in [5, 5.41) is 0.512. The van der Waals surface area contributed by atoms with Gasteiger partial charge >= 0.3 is 0 Å². The van der Waals surface area contributed by atoms with E-state index in [0.717, 1.165) is 12.8 Å². The molecular weight excluding hydrogens is 225 g/mol. The molecule has 90 valence electrons. The fourth-order valence-corrected chi connectivity index (χ4v) is 1.88. The first-order chi connectivity index (χ1) is 7.52. The quantitative estimate of drug-likeness (QED) is 0.837. The van der Waals surface area contributed by atoms with Crippen LogP contribution in [0.2, 0.25) is 5.02 Å². The lowest BCUT2D eigenvalue weighted by Crippen LogP contribution is -2.26. The summed E-state index contributed by atoms with van der Waals surface area (Å²) in [4.78, 5) is 0. The lowest BCUT2D eigenvalue weighted by Gasteiger charge is -2.15. The minimum absolute atomic E-state index is 0.186. The van der Waals surface area contributed by atoms with Gasteiger partial charge in [-0.3, -0.25) is 0 Å². The molecule has 0 aliphatic rings. The molecule has 0 aliphatic carbocycles. The summed E-state index contributed by atoms with van der Waals surface area (Å²) in [6, 6.07) is 4.98. The molecule has 0 radical (unpaired) electrons. The van der Waals surface area contributed by atoms with Gasteiger partial charge in [0.1, 0.15) is 5.82 Å². The molecule has 1 atom stereocenters. The molecule has 1 rings (SSSR count). The van der Waals surface area contributed by atoms with Crippen molar-refractivity contribution in [2.75, 3.05) is 0 Å². The highest BCUT2D eigenvalue weighted by molar-refractivity contribution is 6.31. The van der Waals surface area contributed by atoms with E-state index in [1.165, 1.54) is 6.07 Å². The van der Waals surface area contributed by atoms with E-state index in [1.807, 2.05) is 0 Å². The van der Waals surface area contributed by atoms with E-state index in [9.17, 15) is 4.39 Å². The standard InChI is InChI=1S/C13H19ClFN/c1-9(2)13(16)8-3-5-10-11(14)6-4-7-12(10)15/h4,6-7,9,13H,3,5,8,16H2,1-2H3. The number of hydrogen-bond acceptors (Lipinski definition) is 1. The predicted octanol–water partition coefficient (Wildman–Crippen LogP) is 3.79. The van der Waals surface area contributed by atoms with E-state index < -0.39 is 0 Å². The van der Waals surface area contributed by atoms with Crippen molar-refractivity contribution in [3.05, 3.63) is 34.6 Å². The van der Waals surface area contributed by atoms with Crippen molar-refractivity contribution in [1.82, 2.24) is 0 Å². The second kappa shape index (κ2) is 6.21. The fourth-order valence-electron chi connectivity index (χ4n) is 1.62. The van der Waals surface area contributed by atoms with Crippen LogP contribution < -0.4 is 5.73 Å². The lowest BCUT2D eigenvalue weighted by molar-refractivity contribution is 0.450. The number of benzene rings is 1. The molecule has 1 unspecified atom stereocenters. The first-order valence-corrected chi connectivity index (χ1v) is 6.08. The molecule has 0 spiro atoms. The Kier molecular flexibility index (Phi) is 5.23. The van der Waals surface area contributed by atoms with Gasteiger partial charge in [0, 0.05) is 16.6 Å². The van der Waals surface area contributed by atoms with Crippen LogP contribution in [0.5, 0.6) is 0 Å². The summed E-state index contributed by atoms with van der Waals surface area (Å²) in [5.41, 5.74) is 6.54. The van der Waals surface area contributed by atoms with Crippen LogP contribution in [0.25, 0.3) is 0 Å². The van der Waals surface area contributed by atoms with E-state index in [2.05, 4.69) is 13.8 Å². The van der Waals surface area contributed by atoms with Crippen molar-refractivity contribution in [1.29, 1.82) is 0 Å². The third-order valence-corrected chi connectivity index (χ3v) is 3.24. The number of rotatable bonds is 5. The maximum Gasteiger partial charge on any atom is 0.127 e. The normalized spacial score (nSPS) is 13.1. The molecular formula is C13H19ClFN. The molecule has 1 nitrogen and oxygen atoms in total. The van der Waals surface area contributed by atoms with Crippen LogP contribution in [0, 0.1) is 11.7 Å². The summed E-state index contributed by atoms with van der Waals surface area (Å²) in [5.74, 6) is 0.252. The van der Waals surface area contributed by atoms with E-state index in [4.69, 9.17) is 17.3 Å². The minimum atomic E-state index is -0.217. The summed E-state index contributed by atoms with van der Waals surface area (Å²) in [6.07, 6.45) is 2.44. The van der Waals surface area contributed by atoms with Gasteiger partial charge in [0.2, 0.25) is 0 Å². The average Bonchev–Trinajstić information content (AvgIpc) is 2.22. The topological polar surface area (TPSA) is 26.0 Å². The molecule has 1 aromatic carbocycles. The Morgan fingerprint density at radius 3 is 2.62 bits per heavy atom. The summed E-state index contributed by atoms with van der Waals surface area (Å²) in [7, 11) is 0. The highest BCUT2D eigenvalue weighted by Crippen LogP contribution is 2.21. The zero-order chi connectivity index (χ0) is 12.1. The first kappa shape index (κ1) is 13.5. The van der Waals surface area contributed by atoms with Crippen LogP contribution in [-0.4, -0.2) is 6.04 Å². The van der Waals surface area contributed by atoms with Crippen molar-refractivity contribution in [3.63, 3.8) is 0 Å². The van der Waals surface area contributed by atoms with Gasteiger partial charge in [0.25, 0.3) is 0 Å². The molecule has 0 aromatic heterocycles. The zero-order valence-electron chi connectivity index (χ0n) is 9.84. The van der Waals surface area contributed by atoms with Crippen molar-refractivity contribution in [3.8, 4) is 0 Å². The van der Waals surface area contributed by atoms with Crippen LogP contribution in [0.4, 0.5) is 4.39 Å². The maximum atomic E-state index is 13.4. The van der Waals surface area contributed by atoms with Gasteiger partial charge in [-0.1, -0.05) is 31.5 Å². The number of halogens is 2. The van der Waals surface area contributed by atoms with Gasteiger partial charge < -0.3 is 5.73 Å². The third kappa shape index (κ3) is 3.76. The van der Waals surface area contributed by atoms with Crippen molar-refractivity contribution >= 4 is 11.6 Å². The Morgan fingerprint density at radius 1 is 1.38 bits per heavy atom. The zero-order valence-corrected chi connectivity index (χ0v) is 10.6. The molecule has 3 heteroatoms. The Balaban J connectivity index is 2.49. The molecule has 0 amide bonds. The molecule has 16 heavy (non-hydrogen) atoms. The van der Waals surface area contributed by atoms with Gasteiger partial charge in [0.15, 0.2) is 0 Å². The monoisotopic (exact) mass is 243 g/mol. The van der Waals surface area contributed by atoms with Gasteiger partial charge in [-0.15, -0.1) is 0 Å². The van der Waals surface area contributed by atoms with E-state index in [-0.39, 0.29) is 11.9 Å². The van der Waals surface area contributed by atoms with Crippen LogP contribution in [0.3, 0.4) is 0 Å². The molecule has 0 heterocycles. The van der Waals surface area contributed by atoms with Gasteiger partial charge in [-0.2, -0.15) is 0 Å². The first-order valence-electron chi connectivity index (χ1n) is 5.71. The van der Waals surface area contributed by atoms with Crippen molar-refractivity contribution < 1.29 is 4.39 Å². The summed E-state index contributed by atoms with van der Waals surface area (Å²) >= 11 is 5.94. The molecule has 0 aliphatic heterocycles. The molecule has 0 saturated heterocycles. The molecule has 1 aromatic rings. The van der Waals surface area contributed by atoms with Crippen LogP contribution in [0.15, 0.2) is 18.2 Å². The number of hydrogen-bond donors (Lipinski definition) is 1. The van der Waals surface area contributed by atoms with E-state index in [1.54, 1.807) is 12.1 Å². The smallest absolute Gasteiger partial charge is 0.127 e. The fraction of sp³-hybridized carbons (Fsp3) is 0.538. The minimum Gasteiger partial charge on any atom is -0.327 e. The summed E-state index contributed by atoms with van der Waals surface area (Å²) in [6.45, 7) is 4.20. The van der Waals surface area contributed by atoms with Crippen LogP contribution in [0.1, 0.15) is 32.3 Å². The average molecular weight is 244 g/mol. The van der Waals surface area contributed by atoms with Gasteiger partial charge in [-0.25, -0.2) is 4.39 Å². The second-order valence-electron chi connectivity index (χ2n) is 4.50. The SMILES string of the molecule is CC(C)C(N)CCCc1c(F)cccc1Cl. The lowest BCUT2D eigenvalue weighted by atomic mass is 9.97. The highest BCUT2D eigenvalue weighted by atomic mass is 35.5. The van der Waals surface area contributed by atoms with Gasteiger partial charge in [-0.05, 0) is 37.3 Å². The Hall–Kier alpha value is -0.600. The van der Waals surface area contributed by atoms with Crippen molar-refractivity contribution in [2.45, 2.75) is 39.2 Å². The van der Waals surface area contributed by atoms with Crippen molar-refractivity contribution in [2.24, 2.45) is 11.7 Å². The molecule has 2 N–H and O–H groups in total. The Labute approximate surface area is 102 Å². The third-order valence-electron chi connectivity index (χ3n) is 2.88. The predicted molar refractivity (Wildman–Crippen MR) is 67.2 cm³/mol. The van der Waals surface area contributed by atoms with E-state index in [0.29, 0.717) is 22.9 Å². The Morgan fingerprint density at radius 2 is 2.06 bits per heavy atom. The molecule has 0 saturated carbocycles. The molecule has 0 fully saturated rings. The Bertz CT molecular complexity index is 318. The second-order valence-corrected chi connectivity index (χ2v) is 4.91. The molecule has 0 bridgehead atoms. The largest absolute Gasteiger partial charge is 0.327 e. The highest BCUT2D eigenvalue weighted by Gasteiger charge is 2.10. The van der Waals surface area contributed by atoms with Crippen LogP contribution >= 0.6 is 11.6 Å².